The quantitative estimate of drug-likeness (QED) is 0.825. The fraction of sp³-hybridized carbons (Fsp3) is 0.250. The van der Waals surface area contributed by atoms with E-state index in [4.69, 9.17) is 0 Å². The van der Waals surface area contributed by atoms with Crippen LogP contribution >= 0.6 is 0 Å². The minimum atomic E-state index is -4.42. The van der Waals surface area contributed by atoms with E-state index in [1.807, 2.05) is 0 Å². The second-order valence-corrected chi connectivity index (χ2v) is 4.87. The van der Waals surface area contributed by atoms with Crippen molar-refractivity contribution in [2.45, 2.75) is 19.1 Å². The fourth-order valence-corrected chi connectivity index (χ4v) is 2.26. The summed E-state index contributed by atoms with van der Waals surface area (Å²) < 4.78 is 52.4. The lowest BCUT2D eigenvalue weighted by Gasteiger charge is -2.19. The summed E-state index contributed by atoms with van der Waals surface area (Å²) in [5.41, 5.74) is 0.709. The van der Waals surface area contributed by atoms with Crippen LogP contribution in [-0.2, 0) is 6.18 Å². The molecule has 0 aliphatic rings. The van der Waals surface area contributed by atoms with Crippen LogP contribution < -0.4 is 5.32 Å². The molecule has 21 heavy (non-hydrogen) atoms. The Morgan fingerprint density at radius 1 is 1.05 bits per heavy atom. The van der Waals surface area contributed by atoms with E-state index in [1.54, 1.807) is 32.2 Å². The van der Waals surface area contributed by atoms with Crippen LogP contribution in [0.4, 0.5) is 17.6 Å². The van der Waals surface area contributed by atoms with Crippen LogP contribution in [0.25, 0.3) is 0 Å². The monoisotopic (exact) mass is 297 g/mol. The highest BCUT2D eigenvalue weighted by atomic mass is 19.4. The van der Waals surface area contributed by atoms with Gasteiger partial charge in [0, 0.05) is 5.56 Å². The fourth-order valence-electron chi connectivity index (χ4n) is 2.26. The molecule has 5 heteroatoms. The number of benzene rings is 2. The number of rotatable bonds is 3. The summed E-state index contributed by atoms with van der Waals surface area (Å²) >= 11 is 0. The van der Waals surface area contributed by atoms with Crippen molar-refractivity contribution in [3.8, 4) is 0 Å². The third kappa shape index (κ3) is 3.42. The molecule has 0 bridgehead atoms. The molecule has 0 amide bonds. The van der Waals surface area contributed by atoms with E-state index in [1.165, 1.54) is 12.1 Å². The molecule has 0 saturated heterocycles. The summed E-state index contributed by atoms with van der Waals surface area (Å²) in [6, 6.07) is 8.98. The van der Waals surface area contributed by atoms with Crippen LogP contribution in [0.2, 0.25) is 0 Å². The Bertz CT molecular complexity index is 634. The van der Waals surface area contributed by atoms with Gasteiger partial charge in [-0.15, -0.1) is 0 Å². The number of hydrogen-bond acceptors (Lipinski definition) is 1. The largest absolute Gasteiger partial charge is 0.416 e. The van der Waals surface area contributed by atoms with Gasteiger partial charge in [0.1, 0.15) is 5.82 Å². The van der Waals surface area contributed by atoms with Crippen molar-refractivity contribution in [1.82, 2.24) is 5.32 Å². The Hall–Kier alpha value is -1.88. The Morgan fingerprint density at radius 2 is 1.76 bits per heavy atom. The average Bonchev–Trinajstić information content (AvgIpc) is 2.41. The maximum Gasteiger partial charge on any atom is 0.416 e. The molecule has 0 aromatic heterocycles. The van der Waals surface area contributed by atoms with Gasteiger partial charge in [-0.1, -0.05) is 24.3 Å². The third-order valence-electron chi connectivity index (χ3n) is 3.30. The Morgan fingerprint density at radius 3 is 2.33 bits per heavy atom. The lowest BCUT2D eigenvalue weighted by molar-refractivity contribution is -0.137. The van der Waals surface area contributed by atoms with E-state index in [-0.39, 0.29) is 0 Å². The predicted octanol–water partition coefficient (Wildman–Crippen LogP) is 4.46. The van der Waals surface area contributed by atoms with Crippen LogP contribution in [-0.4, -0.2) is 7.05 Å². The van der Waals surface area contributed by atoms with E-state index < -0.39 is 23.6 Å². The molecule has 1 nitrogen and oxygen atoms in total. The maximum absolute atomic E-state index is 14.0. The van der Waals surface area contributed by atoms with Gasteiger partial charge >= 0.3 is 6.18 Å². The lowest BCUT2D eigenvalue weighted by atomic mass is 9.96. The molecular formula is C16H15F4N. The molecule has 2 aromatic carbocycles. The number of aryl methyl sites for hydroxylation is 1. The zero-order chi connectivity index (χ0) is 15.6. The SMILES string of the molecule is CNC(c1cccc(C(F)(F)F)c1)c1ccc(C)cc1F. The average molecular weight is 297 g/mol. The first-order valence-corrected chi connectivity index (χ1v) is 6.43. The molecule has 0 fully saturated rings. The first kappa shape index (κ1) is 15.5. The normalized spacial score (nSPS) is 13.2. The summed E-state index contributed by atoms with van der Waals surface area (Å²) in [6.45, 7) is 1.76. The first-order chi connectivity index (χ1) is 9.82. The van der Waals surface area contributed by atoms with Crippen molar-refractivity contribution in [2.24, 2.45) is 0 Å². The topological polar surface area (TPSA) is 12.0 Å². The number of nitrogens with one attached hydrogen (secondary N) is 1. The van der Waals surface area contributed by atoms with E-state index in [0.717, 1.165) is 17.7 Å². The zero-order valence-electron chi connectivity index (χ0n) is 11.6. The summed E-state index contributed by atoms with van der Waals surface area (Å²) in [5, 5.41) is 2.87. The van der Waals surface area contributed by atoms with Crippen LogP contribution in [0.1, 0.15) is 28.3 Å². The van der Waals surface area contributed by atoms with Crippen molar-refractivity contribution < 1.29 is 17.6 Å². The molecule has 112 valence electrons. The van der Waals surface area contributed by atoms with Crippen LogP contribution in [0.3, 0.4) is 0 Å². The molecule has 0 spiro atoms. The second-order valence-electron chi connectivity index (χ2n) is 4.87. The standard InChI is InChI=1S/C16H15F4N/c1-10-6-7-13(14(17)8-10)15(21-2)11-4-3-5-12(9-11)16(18,19)20/h3-9,15,21H,1-2H3. The Labute approximate surface area is 120 Å². The van der Waals surface area contributed by atoms with E-state index in [0.29, 0.717) is 11.1 Å². The van der Waals surface area contributed by atoms with Gasteiger partial charge in [0.05, 0.1) is 11.6 Å². The summed E-state index contributed by atoms with van der Waals surface area (Å²) in [7, 11) is 1.59. The highest BCUT2D eigenvalue weighted by Crippen LogP contribution is 2.32. The van der Waals surface area contributed by atoms with Gasteiger partial charge in [-0.25, -0.2) is 4.39 Å². The van der Waals surface area contributed by atoms with Gasteiger partial charge < -0.3 is 5.32 Å². The van der Waals surface area contributed by atoms with Gasteiger partial charge in [-0.2, -0.15) is 13.2 Å². The molecule has 0 aliphatic carbocycles. The van der Waals surface area contributed by atoms with Gasteiger partial charge in [0.2, 0.25) is 0 Å². The molecule has 0 aliphatic heterocycles. The highest BCUT2D eigenvalue weighted by molar-refractivity contribution is 5.37. The molecule has 0 saturated carbocycles. The van der Waals surface area contributed by atoms with Crippen molar-refractivity contribution in [3.63, 3.8) is 0 Å². The Kier molecular flexibility index (Phi) is 4.32. The van der Waals surface area contributed by atoms with Crippen LogP contribution in [0.5, 0.6) is 0 Å². The van der Waals surface area contributed by atoms with Crippen LogP contribution in [0, 0.1) is 12.7 Å². The minimum absolute atomic E-state index is 0.322. The molecule has 0 heterocycles. The first-order valence-electron chi connectivity index (χ1n) is 6.43. The maximum atomic E-state index is 14.0. The van der Waals surface area contributed by atoms with Gasteiger partial charge in [0.15, 0.2) is 0 Å². The molecule has 1 atom stereocenters. The summed E-state index contributed by atoms with van der Waals surface area (Å²) in [5.74, 6) is -0.438. The third-order valence-corrected chi connectivity index (χ3v) is 3.30. The van der Waals surface area contributed by atoms with E-state index in [2.05, 4.69) is 5.32 Å². The molecule has 1 N–H and O–H groups in total. The van der Waals surface area contributed by atoms with E-state index >= 15 is 0 Å². The summed E-state index contributed by atoms with van der Waals surface area (Å²) in [4.78, 5) is 0. The van der Waals surface area contributed by atoms with Crippen molar-refractivity contribution in [2.75, 3.05) is 7.05 Å². The number of alkyl halides is 3. The van der Waals surface area contributed by atoms with Crippen molar-refractivity contribution in [1.29, 1.82) is 0 Å². The van der Waals surface area contributed by atoms with Crippen molar-refractivity contribution >= 4 is 0 Å². The van der Waals surface area contributed by atoms with Crippen LogP contribution in [0.15, 0.2) is 42.5 Å². The minimum Gasteiger partial charge on any atom is -0.309 e. The van der Waals surface area contributed by atoms with Gasteiger partial charge in [-0.05, 0) is 43.3 Å². The molecule has 1 unspecified atom stereocenters. The smallest absolute Gasteiger partial charge is 0.309 e. The lowest BCUT2D eigenvalue weighted by Crippen LogP contribution is -2.19. The highest BCUT2D eigenvalue weighted by Gasteiger charge is 2.31. The number of hydrogen-bond donors (Lipinski definition) is 1. The molecular weight excluding hydrogens is 282 g/mol. The number of halogens is 4. The Balaban J connectivity index is 2.47. The molecule has 0 radical (unpaired) electrons. The van der Waals surface area contributed by atoms with Gasteiger partial charge in [0.25, 0.3) is 0 Å². The van der Waals surface area contributed by atoms with Gasteiger partial charge in [-0.3, -0.25) is 0 Å². The summed E-state index contributed by atoms with van der Waals surface area (Å²) in [6.07, 6.45) is -4.42. The van der Waals surface area contributed by atoms with Crippen molar-refractivity contribution in [3.05, 3.63) is 70.5 Å². The van der Waals surface area contributed by atoms with E-state index in [9.17, 15) is 17.6 Å². The molecule has 2 aromatic rings. The predicted molar refractivity (Wildman–Crippen MR) is 73.5 cm³/mol. The second kappa shape index (κ2) is 5.85. The molecule has 2 rings (SSSR count). The zero-order valence-corrected chi connectivity index (χ0v) is 11.6.